The Bertz CT molecular complexity index is 958. The topological polar surface area (TPSA) is 74.2 Å². The molecule has 0 aromatic heterocycles. The molecule has 0 aliphatic carbocycles. The average Bonchev–Trinajstić information content (AvgIpc) is 2.70. The van der Waals surface area contributed by atoms with Crippen molar-refractivity contribution in [3.8, 4) is 11.8 Å². The van der Waals surface area contributed by atoms with Crippen LogP contribution in [0, 0.1) is 11.3 Å². The van der Waals surface area contributed by atoms with E-state index in [2.05, 4.69) is 16.7 Å². The molecule has 0 atom stereocenters. The van der Waals surface area contributed by atoms with Crippen LogP contribution < -0.4 is 15.4 Å². The summed E-state index contributed by atoms with van der Waals surface area (Å²) in [5, 5.41) is 15.1. The Labute approximate surface area is 158 Å². The number of ether oxygens (including phenoxy) is 1. The smallest absolute Gasteiger partial charge is 0.228 e. The predicted molar refractivity (Wildman–Crippen MR) is 106 cm³/mol. The second-order valence-electron chi connectivity index (χ2n) is 5.97. The van der Waals surface area contributed by atoms with Gasteiger partial charge in [-0.1, -0.05) is 18.2 Å². The molecule has 1 amide bonds. The summed E-state index contributed by atoms with van der Waals surface area (Å²) in [4.78, 5) is 12.2. The lowest BCUT2D eigenvalue weighted by molar-refractivity contribution is -0.115. The Kier molecular flexibility index (Phi) is 5.70. The SMILES string of the molecule is COc1ccc(CC(=O)Nc2ccc(Nc3cccc(C#N)c3)cc2)cc1. The number of hydrogen-bond acceptors (Lipinski definition) is 4. The van der Waals surface area contributed by atoms with Crippen LogP contribution in [0.1, 0.15) is 11.1 Å². The van der Waals surface area contributed by atoms with Crippen LogP contribution in [-0.2, 0) is 11.2 Å². The standard InChI is InChI=1S/C22H19N3O2/c1-27-21-11-5-16(6-12-21)14-22(26)25-19-9-7-18(8-10-19)24-20-4-2-3-17(13-20)15-23/h2-13,24H,14H2,1H3,(H,25,26). The van der Waals surface area contributed by atoms with E-state index in [0.717, 1.165) is 28.4 Å². The predicted octanol–water partition coefficient (Wildman–Crippen LogP) is 4.49. The largest absolute Gasteiger partial charge is 0.497 e. The molecule has 134 valence electrons. The molecule has 3 aromatic carbocycles. The fourth-order valence-corrected chi connectivity index (χ4v) is 2.60. The summed E-state index contributed by atoms with van der Waals surface area (Å²) >= 11 is 0. The van der Waals surface area contributed by atoms with Gasteiger partial charge in [0.15, 0.2) is 0 Å². The van der Waals surface area contributed by atoms with E-state index in [-0.39, 0.29) is 5.91 Å². The molecule has 0 radical (unpaired) electrons. The fourth-order valence-electron chi connectivity index (χ4n) is 2.60. The molecule has 0 saturated carbocycles. The van der Waals surface area contributed by atoms with E-state index in [1.807, 2.05) is 60.7 Å². The van der Waals surface area contributed by atoms with Gasteiger partial charge in [0, 0.05) is 17.1 Å². The zero-order chi connectivity index (χ0) is 19.1. The molecule has 0 bridgehead atoms. The van der Waals surface area contributed by atoms with Crippen molar-refractivity contribution in [2.75, 3.05) is 17.7 Å². The Morgan fingerprint density at radius 1 is 0.963 bits per heavy atom. The second-order valence-corrected chi connectivity index (χ2v) is 5.97. The summed E-state index contributed by atoms with van der Waals surface area (Å²) in [7, 11) is 1.61. The number of methoxy groups -OCH3 is 1. The number of amides is 1. The van der Waals surface area contributed by atoms with E-state index in [1.165, 1.54) is 0 Å². The highest BCUT2D eigenvalue weighted by Gasteiger charge is 2.05. The lowest BCUT2D eigenvalue weighted by atomic mass is 10.1. The number of nitrogens with one attached hydrogen (secondary N) is 2. The quantitative estimate of drug-likeness (QED) is 0.681. The number of carbonyl (C=O) groups excluding carboxylic acids is 1. The Hall–Kier alpha value is -3.78. The summed E-state index contributed by atoms with van der Waals surface area (Å²) in [6, 6.07) is 24.2. The van der Waals surface area contributed by atoms with Gasteiger partial charge >= 0.3 is 0 Å². The number of benzene rings is 3. The zero-order valence-corrected chi connectivity index (χ0v) is 14.9. The van der Waals surface area contributed by atoms with Gasteiger partial charge < -0.3 is 15.4 Å². The van der Waals surface area contributed by atoms with Crippen LogP contribution in [0.2, 0.25) is 0 Å². The maximum atomic E-state index is 12.2. The maximum Gasteiger partial charge on any atom is 0.228 e. The zero-order valence-electron chi connectivity index (χ0n) is 14.9. The van der Waals surface area contributed by atoms with Gasteiger partial charge in [-0.2, -0.15) is 5.26 Å². The third kappa shape index (κ3) is 5.10. The highest BCUT2D eigenvalue weighted by Crippen LogP contribution is 2.20. The van der Waals surface area contributed by atoms with Crippen molar-refractivity contribution in [3.05, 3.63) is 83.9 Å². The highest BCUT2D eigenvalue weighted by molar-refractivity contribution is 5.92. The van der Waals surface area contributed by atoms with Crippen LogP contribution >= 0.6 is 0 Å². The first-order valence-corrected chi connectivity index (χ1v) is 8.46. The molecule has 3 rings (SSSR count). The van der Waals surface area contributed by atoms with Crippen molar-refractivity contribution in [1.29, 1.82) is 5.26 Å². The summed E-state index contributed by atoms with van der Waals surface area (Å²) in [5.41, 5.74) is 3.96. The number of rotatable bonds is 6. The molecule has 27 heavy (non-hydrogen) atoms. The van der Waals surface area contributed by atoms with Crippen molar-refractivity contribution < 1.29 is 9.53 Å². The van der Waals surface area contributed by atoms with Gasteiger partial charge in [0.1, 0.15) is 5.75 Å². The molecule has 5 nitrogen and oxygen atoms in total. The molecule has 0 heterocycles. The van der Waals surface area contributed by atoms with Crippen LogP contribution in [0.4, 0.5) is 17.1 Å². The van der Waals surface area contributed by atoms with Crippen LogP contribution in [0.3, 0.4) is 0 Å². The van der Waals surface area contributed by atoms with Gasteiger partial charge in [0.2, 0.25) is 5.91 Å². The molecule has 0 saturated heterocycles. The van der Waals surface area contributed by atoms with Crippen molar-refractivity contribution >= 4 is 23.0 Å². The molecule has 5 heteroatoms. The third-order valence-corrected chi connectivity index (χ3v) is 3.97. The van der Waals surface area contributed by atoms with E-state index in [0.29, 0.717) is 12.0 Å². The van der Waals surface area contributed by atoms with Gasteiger partial charge in [-0.05, 0) is 60.2 Å². The van der Waals surface area contributed by atoms with Gasteiger partial charge in [0.25, 0.3) is 0 Å². The minimum absolute atomic E-state index is 0.0809. The number of carbonyl (C=O) groups is 1. The minimum atomic E-state index is -0.0809. The van der Waals surface area contributed by atoms with E-state index in [1.54, 1.807) is 19.2 Å². The molecule has 0 unspecified atom stereocenters. The third-order valence-electron chi connectivity index (χ3n) is 3.97. The van der Waals surface area contributed by atoms with Crippen LogP contribution in [0.25, 0.3) is 0 Å². The van der Waals surface area contributed by atoms with Gasteiger partial charge in [-0.3, -0.25) is 4.79 Å². The van der Waals surface area contributed by atoms with E-state index in [9.17, 15) is 4.79 Å². The molecule has 0 fully saturated rings. The molecular weight excluding hydrogens is 338 g/mol. The van der Waals surface area contributed by atoms with E-state index in [4.69, 9.17) is 10.00 Å². The van der Waals surface area contributed by atoms with Crippen LogP contribution in [-0.4, -0.2) is 13.0 Å². The van der Waals surface area contributed by atoms with Crippen LogP contribution in [0.15, 0.2) is 72.8 Å². The van der Waals surface area contributed by atoms with Gasteiger partial charge in [0.05, 0.1) is 25.2 Å². The fraction of sp³-hybridized carbons (Fsp3) is 0.0909. The number of nitriles is 1. The molecule has 2 N–H and O–H groups in total. The lowest BCUT2D eigenvalue weighted by Crippen LogP contribution is -2.14. The van der Waals surface area contributed by atoms with Crippen molar-refractivity contribution in [3.63, 3.8) is 0 Å². The number of anilines is 3. The first-order valence-electron chi connectivity index (χ1n) is 8.46. The van der Waals surface area contributed by atoms with Crippen LogP contribution in [0.5, 0.6) is 5.75 Å². The molecule has 0 spiro atoms. The van der Waals surface area contributed by atoms with E-state index < -0.39 is 0 Å². The molecule has 0 aliphatic rings. The molecule has 0 aliphatic heterocycles. The normalized spacial score (nSPS) is 9.93. The summed E-state index contributed by atoms with van der Waals surface area (Å²) in [5.74, 6) is 0.685. The van der Waals surface area contributed by atoms with Crippen molar-refractivity contribution in [2.24, 2.45) is 0 Å². The molecule has 3 aromatic rings. The summed E-state index contributed by atoms with van der Waals surface area (Å²) in [6.07, 6.45) is 0.297. The van der Waals surface area contributed by atoms with Gasteiger partial charge in [-0.15, -0.1) is 0 Å². The maximum absolute atomic E-state index is 12.2. The Balaban J connectivity index is 1.58. The summed E-state index contributed by atoms with van der Waals surface area (Å²) in [6.45, 7) is 0. The average molecular weight is 357 g/mol. The number of hydrogen-bond donors (Lipinski definition) is 2. The van der Waals surface area contributed by atoms with Gasteiger partial charge in [-0.25, -0.2) is 0 Å². The van der Waals surface area contributed by atoms with Crippen molar-refractivity contribution in [2.45, 2.75) is 6.42 Å². The van der Waals surface area contributed by atoms with Crippen molar-refractivity contribution in [1.82, 2.24) is 0 Å². The first kappa shape index (κ1) is 18.0. The Morgan fingerprint density at radius 3 is 2.33 bits per heavy atom. The minimum Gasteiger partial charge on any atom is -0.497 e. The second kappa shape index (κ2) is 8.54. The Morgan fingerprint density at radius 2 is 1.67 bits per heavy atom. The summed E-state index contributed by atoms with van der Waals surface area (Å²) < 4.78 is 5.11. The monoisotopic (exact) mass is 357 g/mol. The first-order chi connectivity index (χ1) is 13.2. The number of nitrogens with zero attached hydrogens (tertiary/aromatic N) is 1. The molecular formula is C22H19N3O2. The highest BCUT2D eigenvalue weighted by atomic mass is 16.5. The lowest BCUT2D eigenvalue weighted by Gasteiger charge is -2.09. The van der Waals surface area contributed by atoms with E-state index >= 15 is 0 Å².